The molecule has 1 saturated heterocycles. The van der Waals surface area contributed by atoms with E-state index in [1.54, 1.807) is 0 Å². The molecule has 0 aromatic heterocycles. The zero-order valence-electron chi connectivity index (χ0n) is 9.84. The molecule has 2 fully saturated rings. The highest BCUT2D eigenvalue weighted by Gasteiger charge is 2.36. The summed E-state index contributed by atoms with van der Waals surface area (Å²) in [6, 6.07) is 10.0. The van der Waals surface area contributed by atoms with Crippen LogP contribution in [0.15, 0.2) is 30.3 Å². The molecule has 1 aliphatic heterocycles. The van der Waals surface area contributed by atoms with E-state index in [4.69, 9.17) is 4.74 Å². The van der Waals surface area contributed by atoms with Crippen LogP contribution in [0.4, 0.5) is 0 Å². The summed E-state index contributed by atoms with van der Waals surface area (Å²) in [7, 11) is 0. The first-order chi connectivity index (χ1) is 8.36. The van der Waals surface area contributed by atoms with Gasteiger partial charge in [0.25, 0.3) is 0 Å². The number of amides is 1. The van der Waals surface area contributed by atoms with Crippen LogP contribution in [0.5, 0.6) is 0 Å². The Kier molecular flexibility index (Phi) is 2.85. The first-order valence-electron chi connectivity index (χ1n) is 6.33. The average molecular weight is 231 g/mol. The van der Waals surface area contributed by atoms with Gasteiger partial charge in [0.05, 0.1) is 6.61 Å². The molecule has 2 aliphatic rings. The maximum atomic E-state index is 12.3. The molecule has 0 spiro atoms. The smallest absolute Gasteiger partial charge is 0.228 e. The van der Waals surface area contributed by atoms with Crippen molar-refractivity contribution in [3.8, 4) is 0 Å². The SMILES string of the molecule is O=C(C1CCC1)N1CCOC1c1ccccc1. The Bertz CT molecular complexity index is 400. The van der Waals surface area contributed by atoms with Gasteiger partial charge in [0.2, 0.25) is 5.91 Å². The Morgan fingerprint density at radius 2 is 2.00 bits per heavy atom. The predicted octanol–water partition coefficient (Wildman–Crippen LogP) is 2.34. The van der Waals surface area contributed by atoms with E-state index in [0.717, 1.165) is 24.9 Å². The van der Waals surface area contributed by atoms with Crippen molar-refractivity contribution in [2.45, 2.75) is 25.5 Å². The van der Waals surface area contributed by atoms with E-state index >= 15 is 0 Å². The summed E-state index contributed by atoms with van der Waals surface area (Å²) in [5.41, 5.74) is 1.08. The van der Waals surface area contributed by atoms with Gasteiger partial charge in [-0.05, 0) is 12.8 Å². The molecule has 0 radical (unpaired) electrons. The molecule has 1 aromatic carbocycles. The van der Waals surface area contributed by atoms with E-state index in [9.17, 15) is 4.79 Å². The number of hydrogen-bond donors (Lipinski definition) is 0. The number of ether oxygens (including phenoxy) is 1. The second-order valence-corrected chi connectivity index (χ2v) is 4.79. The Hall–Kier alpha value is -1.35. The molecule has 1 saturated carbocycles. The summed E-state index contributed by atoms with van der Waals surface area (Å²) < 4.78 is 5.70. The van der Waals surface area contributed by atoms with Crippen molar-refractivity contribution in [1.82, 2.24) is 4.90 Å². The van der Waals surface area contributed by atoms with Crippen LogP contribution in [0.2, 0.25) is 0 Å². The van der Waals surface area contributed by atoms with E-state index < -0.39 is 0 Å². The standard InChI is InChI=1S/C14H17NO2/c16-13(11-7-4-8-11)15-9-10-17-14(15)12-5-2-1-3-6-12/h1-3,5-6,11,14H,4,7-10H2. The lowest BCUT2D eigenvalue weighted by Gasteiger charge is -2.31. The Balaban J connectivity index is 1.77. The van der Waals surface area contributed by atoms with Gasteiger partial charge in [-0.2, -0.15) is 0 Å². The zero-order valence-corrected chi connectivity index (χ0v) is 9.84. The van der Waals surface area contributed by atoms with E-state index in [1.165, 1.54) is 6.42 Å². The summed E-state index contributed by atoms with van der Waals surface area (Å²) in [6.45, 7) is 1.38. The van der Waals surface area contributed by atoms with Crippen LogP contribution in [0.3, 0.4) is 0 Å². The molecule has 0 bridgehead atoms. The third-order valence-electron chi connectivity index (χ3n) is 3.71. The molecular weight excluding hydrogens is 214 g/mol. The van der Waals surface area contributed by atoms with Crippen LogP contribution in [-0.2, 0) is 9.53 Å². The summed E-state index contributed by atoms with van der Waals surface area (Å²) >= 11 is 0. The third-order valence-corrected chi connectivity index (χ3v) is 3.71. The molecule has 3 rings (SSSR count). The molecule has 1 atom stereocenters. The molecular formula is C14H17NO2. The molecule has 3 nitrogen and oxygen atoms in total. The molecule has 17 heavy (non-hydrogen) atoms. The van der Waals surface area contributed by atoms with Gasteiger partial charge in [-0.25, -0.2) is 0 Å². The molecule has 3 heteroatoms. The van der Waals surface area contributed by atoms with Crippen LogP contribution >= 0.6 is 0 Å². The number of carbonyl (C=O) groups is 1. The molecule has 1 unspecified atom stereocenters. The van der Waals surface area contributed by atoms with Crippen molar-refractivity contribution in [3.05, 3.63) is 35.9 Å². The van der Waals surface area contributed by atoms with Gasteiger partial charge in [0.1, 0.15) is 0 Å². The maximum absolute atomic E-state index is 12.3. The van der Waals surface area contributed by atoms with Gasteiger partial charge in [-0.15, -0.1) is 0 Å². The highest BCUT2D eigenvalue weighted by molar-refractivity contribution is 5.80. The summed E-state index contributed by atoms with van der Waals surface area (Å²) in [6.07, 6.45) is 3.14. The van der Waals surface area contributed by atoms with Crippen LogP contribution in [0.1, 0.15) is 31.1 Å². The molecule has 1 heterocycles. The fraction of sp³-hybridized carbons (Fsp3) is 0.500. The van der Waals surface area contributed by atoms with Crippen molar-refractivity contribution < 1.29 is 9.53 Å². The van der Waals surface area contributed by atoms with E-state index in [2.05, 4.69) is 0 Å². The highest BCUT2D eigenvalue weighted by Crippen LogP contribution is 2.34. The maximum Gasteiger partial charge on any atom is 0.228 e. The van der Waals surface area contributed by atoms with Gasteiger partial charge < -0.3 is 9.64 Å². The Morgan fingerprint density at radius 1 is 1.24 bits per heavy atom. The summed E-state index contributed by atoms with van der Waals surface area (Å²) in [5, 5.41) is 0. The number of hydrogen-bond acceptors (Lipinski definition) is 2. The largest absolute Gasteiger partial charge is 0.352 e. The minimum atomic E-state index is -0.163. The minimum absolute atomic E-state index is 0.163. The van der Waals surface area contributed by atoms with E-state index in [0.29, 0.717) is 6.61 Å². The van der Waals surface area contributed by atoms with Gasteiger partial charge in [-0.1, -0.05) is 36.8 Å². The van der Waals surface area contributed by atoms with Crippen LogP contribution in [-0.4, -0.2) is 24.0 Å². The van der Waals surface area contributed by atoms with Crippen LogP contribution < -0.4 is 0 Å². The zero-order chi connectivity index (χ0) is 11.7. The lowest BCUT2D eigenvalue weighted by atomic mass is 9.84. The minimum Gasteiger partial charge on any atom is -0.352 e. The number of benzene rings is 1. The third kappa shape index (κ3) is 1.95. The quantitative estimate of drug-likeness (QED) is 0.782. The first kappa shape index (κ1) is 10.8. The Labute approximate surface area is 101 Å². The molecule has 1 aliphatic carbocycles. The normalized spacial score (nSPS) is 24.7. The fourth-order valence-corrected chi connectivity index (χ4v) is 2.48. The van der Waals surface area contributed by atoms with Gasteiger partial charge in [0.15, 0.2) is 6.23 Å². The van der Waals surface area contributed by atoms with Crippen molar-refractivity contribution >= 4 is 5.91 Å². The lowest BCUT2D eigenvalue weighted by Crippen LogP contribution is -2.38. The second-order valence-electron chi connectivity index (χ2n) is 4.79. The number of carbonyl (C=O) groups excluding carboxylic acids is 1. The van der Waals surface area contributed by atoms with Gasteiger partial charge >= 0.3 is 0 Å². The summed E-state index contributed by atoms with van der Waals surface area (Å²) in [5.74, 6) is 0.533. The lowest BCUT2D eigenvalue weighted by molar-refractivity contribution is -0.143. The van der Waals surface area contributed by atoms with Crippen molar-refractivity contribution in [1.29, 1.82) is 0 Å². The van der Waals surface area contributed by atoms with E-state index in [1.807, 2.05) is 35.2 Å². The van der Waals surface area contributed by atoms with Gasteiger partial charge in [-0.3, -0.25) is 4.79 Å². The number of rotatable bonds is 2. The average Bonchev–Trinajstić information content (AvgIpc) is 2.76. The molecule has 0 N–H and O–H groups in total. The highest BCUT2D eigenvalue weighted by atomic mass is 16.5. The molecule has 1 aromatic rings. The van der Waals surface area contributed by atoms with Crippen molar-refractivity contribution in [2.24, 2.45) is 5.92 Å². The molecule has 90 valence electrons. The van der Waals surface area contributed by atoms with Crippen LogP contribution in [0.25, 0.3) is 0 Å². The first-order valence-corrected chi connectivity index (χ1v) is 6.33. The van der Waals surface area contributed by atoms with Crippen LogP contribution in [0, 0.1) is 5.92 Å². The topological polar surface area (TPSA) is 29.5 Å². The summed E-state index contributed by atoms with van der Waals surface area (Å²) in [4.78, 5) is 14.2. The Morgan fingerprint density at radius 3 is 2.65 bits per heavy atom. The van der Waals surface area contributed by atoms with E-state index in [-0.39, 0.29) is 18.1 Å². The molecule has 1 amide bonds. The predicted molar refractivity (Wildman–Crippen MR) is 64.2 cm³/mol. The fourth-order valence-electron chi connectivity index (χ4n) is 2.48. The second kappa shape index (κ2) is 4.49. The van der Waals surface area contributed by atoms with Gasteiger partial charge in [0, 0.05) is 18.0 Å². The monoisotopic (exact) mass is 231 g/mol. The van der Waals surface area contributed by atoms with Crippen molar-refractivity contribution in [3.63, 3.8) is 0 Å². The van der Waals surface area contributed by atoms with Crippen molar-refractivity contribution in [2.75, 3.05) is 13.2 Å². The number of nitrogens with zero attached hydrogens (tertiary/aromatic N) is 1.